The largest absolute Gasteiger partial charge is 0.332 e. The number of hydrogen-bond acceptors (Lipinski definition) is 3. The molecule has 5 heteroatoms. The van der Waals surface area contributed by atoms with Crippen LogP contribution in [0.15, 0.2) is 42.7 Å². The number of fused-ring (bicyclic) bond motifs is 1. The second-order valence-electron chi connectivity index (χ2n) is 6.35. The Bertz CT molecular complexity index is 789. The van der Waals surface area contributed by atoms with Crippen LogP contribution in [0.1, 0.15) is 47.8 Å². The van der Waals surface area contributed by atoms with Crippen LogP contribution in [-0.4, -0.2) is 35.3 Å². The molecule has 2 aromatic rings. The molecule has 0 saturated heterocycles. The molecular formula is C20H23N3O2. The van der Waals surface area contributed by atoms with Crippen LogP contribution in [0.2, 0.25) is 0 Å². The zero-order valence-corrected chi connectivity index (χ0v) is 14.9. The smallest absolute Gasteiger partial charge is 0.254 e. The predicted molar refractivity (Wildman–Crippen MR) is 97.5 cm³/mol. The number of carbonyl (C=O) groups is 2. The van der Waals surface area contributed by atoms with E-state index in [9.17, 15) is 9.59 Å². The Morgan fingerprint density at radius 3 is 2.80 bits per heavy atom. The van der Waals surface area contributed by atoms with Gasteiger partial charge in [0.05, 0.1) is 6.04 Å². The first-order valence-electron chi connectivity index (χ1n) is 8.63. The Balaban J connectivity index is 1.88. The summed E-state index contributed by atoms with van der Waals surface area (Å²) < 4.78 is 0. The van der Waals surface area contributed by atoms with Gasteiger partial charge in [0, 0.05) is 43.7 Å². The highest BCUT2D eigenvalue weighted by atomic mass is 16.2. The number of hydrogen-bond donors (Lipinski definition) is 0. The van der Waals surface area contributed by atoms with Crippen LogP contribution in [-0.2, 0) is 11.2 Å². The van der Waals surface area contributed by atoms with Gasteiger partial charge in [-0.15, -0.1) is 0 Å². The number of benzene rings is 1. The van der Waals surface area contributed by atoms with Crippen molar-refractivity contribution in [2.45, 2.75) is 32.7 Å². The molecular weight excluding hydrogens is 314 g/mol. The fourth-order valence-corrected chi connectivity index (χ4v) is 3.35. The summed E-state index contributed by atoms with van der Waals surface area (Å²) in [5.74, 6) is 0.119. The standard InChI is InChI=1S/C20H23N3O2/c1-4-23(14(2)17-6-5-11-21-13-17)20(25)16-7-9-18-15(12-16)8-10-19(24)22(18)3/h5-7,9,11-14H,4,8,10H2,1-3H3. The van der Waals surface area contributed by atoms with E-state index in [1.54, 1.807) is 24.3 Å². The van der Waals surface area contributed by atoms with E-state index in [1.807, 2.05) is 49.1 Å². The van der Waals surface area contributed by atoms with Gasteiger partial charge in [0.25, 0.3) is 5.91 Å². The van der Waals surface area contributed by atoms with E-state index in [2.05, 4.69) is 4.98 Å². The molecule has 1 aromatic carbocycles. The summed E-state index contributed by atoms with van der Waals surface area (Å²) in [7, 11) is 1.78. The number of aromatic nitrogens is 1. The molecule has 1 aliphatic heterocycles. The van der Waals surface area contributed by atoms with E-state index in [1.165, 1.54) is 0 Å². The van der Waals surface area contributed by atoms with E-state index in [4.69, 9.17) is 0 Å². The van der Waals surface area contributed by atoms with Gasteiger partial charge in [0.2, 0.25) is 5.91 Å². The zero-order chi connectivity index (χ0) is 18.0. The lowest BCUT2D eigenvalue weighted by Gasteiger charge is -2.30. The number of nitrogens with zero attached hydrogens (tertiary/aromatic N) is 3. The van der Waals surface area contributed by atoms with E-state index in [0.29, 0.717) is 24.9 Å². The highest BCUT2D eigenvalue weighted by Crippen LogP contribution is 2.29. The molecule has 0 radical (unpaired) electrons. The molecule has 5 nitrogen and oxygen atoms in total. The number of rotatable bonds is 4. The van der Waals surface area contributed by atoms with Gasteiger partial charge in [0.1, 0.15) is 0 Å². The predicted octanol–water partition coefficient (Wildman–Crippen LogP) is 3.21. The van der Waals surface area contributed by atoms with Crippen molar-refractivity contribution in [1.82, 2.24) is 9.88 Å². The topological polar surface area (TPSA) is 53.5 Å². The molecule has 0 bridgehead atoms. The van der Waals surface area contributed by atoms with Crippen LogP contribution in [0.5, 0.6) is 0 Å². The maximum atomic E-state index is 13.0. The second kappa shape index (κ2) is 7.05. The number of pyridine rings is 1. The first-order valence-corrected chi connectivity index (χ1v) is 8.63. The van der Waals surface area contributed by atoms with Crippen molar-refractivity contribution >= 4 is 17.5 Å². The molecule has 1 unspecified atom stereocenters. The lowest BCUT2D eigenvalue weighted by atomic mass is 9.98. The molecule has 0 fully saturated rings. The number of amides is 2. The molecule has 1 aliphatic rings. The molecule has 0 spiro atoms. The first-order chi connectivity index (χ1) is 12.0. The third kappa shape index (κ3) is 3.27. The van der Waals surface area contributed by atoms with Crippen molar-refractivity contribution in [3.05, 3.63) is 59.4 Å². The molecule has 1 atom stereocenters. The van der Waals surface area contributed by atoms with E-state index in [-0.39, 0.29) is 17.9 Å². The summed E-state index contributed by atoms with van der Waals surface area (Å²) in [6, 6.07) is 9.44. The van der Waals surface area contributed by atoms with Gasteiger partial charge in [-0.25, -0.2) is 0 Å². The van der Waals surface area contributed by atoms with Crippen LogP contribution < -0.4 is 4.90 Å². The van der Waals surface area contributed by atoms with Gasteiger partial charge >= 0.3 is 0 Å². The first kappa shape index (κ1) is 17.1. The number of carbonyl (C=O) groups excluding carboxylic acids is 2. The van der Waals surface area contributed by atoms with Crippen molar-refractivity contribution in [1.29, 1.82) is 0 Å². The molecule has 25 heavy (non-hydrogen) atoms. The Morgan fingerprint density at radius 2 is 2.12 bits per heavy atom. The van der Waals surface area contributed by atoms with Crippen molar-refractivity contribution in [2.75, 3.05) is 18.5 Å². The van der Waals surface area contributed by atoms with Crippen molar-refractivity contribution in [3.8, 4) is 0 Å². The SMILES string of the molecule is CCN(C(=O)c1ccc2c(c1)CCC(=O)N2C)C(C)c1cccnc1. The third-order valence-electron chi connectivity index (χ3n) is 4.91. The van der Waals surface area contributed by atoms with Gasteiger partial charge in [0.15, 0.2) is 0 Å². The van der Waals surface area contributed by atoms with Gasteiger partial charge in [-0.2, -0.15) is 0 Å². The van der Waals surface area contributed by atoms with Gasteiger partial charge < -0.3 is 9.80 Å². The van der Waals surface area contributed by atoms with Crippen LogP contribution >= 0.6 is 0 Å². The summed E-state index contributed by atoms with van der Waals surface area (Å²) in [4.78, 5) is 32.5. The van der Waals surface area contributed by atoms with E-state index in [0.717, 1.165) is 16.8 Å². The quantitative estimate of drug-likeness (QED) is 0.861. The van der Waals surface area contributed by atoms with E-state index < -0.39 is 0 Å². The van der Waals surface area contributed by atoms with Crippen molar-refractivity contribution < 1.29 is 9.59 Å². The molecule has 0 aliphatic carbocycles. The van der Waals surface area contributed by atoms with Crippen molar-refractivity contribution in [3.63, 3.8) is 0 Å². The minimum absolute atomic E-state index is 0.00112. The molecule has 130 valence electrons. The highest BCUT2D eigenvalue weighted by Gasteiger charge is 2.25. The minimum Gasteiger partial charge on any atom is -0.332 e. The molecule has 3 rings (SSSR count). The summed E-state index contributed by atoms with van der Waals surface area (Å²) in [5, 5.41) is 0. The van der Waals surface area contributed by atoms with Gasteiger partial charge in [-0.3, -0.25) is 14.6 Å². The van der Waals surface area contributed by atoms with Crippen LogP contribution in [0.25, 0.3) is 0 Å². The number of anilines is 1. The monoisotopic (exact) mass is 337 g/mol. The molecule has 1 aromatic heterocycles. The highest BCUT2D eigenvalue weighted by molar-refractivity contribution is 5.99. The molecule has 2 amide bonds. The summed E-state index contributed by atoms with van der Waals surface area (Å²) in [6.45, 7) is 4.61. The normalized spacial score (nSPS) is 14.8. The maximum Gasteiger partial charge on any atom is 0.254 e. The zero-order valence-electron chi connectivity index (χ0n) is 14.9. The number of aryl methyl sites for hydroxylation is 1. The summed E-state index contributed by atoms with van der Waals surface area (Å²) in [5.41, 5.74) is 3.63. The Hall–Kier alpha value is -2.69. The Kier molecular flexibility index (Phi) is 4.83. The Morgan fingerprint density at radius 1 is 1.32 bits per heavy atom. The van der Waals surface area contributed by atoms with E-state index >= 15 is 0 Å². The lowest BCUT2D eigenvalue weighted by molar-refractivity contribution is -0.118. The molecule has 0 N–H and O–H groups in total. The van der Waals surface area contributed by atoms with Gasteiger partial charge in [-0.1, -0.05) is 6.07 Å². The van der Waals surface area contributed by atoms with Crippen LogP contribution in [0.4, 0.5) is 5.69 Å². The average Bonchev–Trinajstić information content (AvgIpc) is 2.65. The summed E-state index contributed by atoms with van der Waals surface area (Å²) in [6.07, 6.45) is 4.71. The van der Waals surface area contributed by atoms with Crippen LogP contribution in [0, 0.1) is 0 Å². The Labute approximate surface area is 148 Å². The van der Waals surface area contributed by atoms with Crippen LogP contribution in [0.3, 0.4) is 0 Å². The lowest BCUT2D eigenvalue weighted by Crippen LogP contribution is -2.34. The fourth-order valence-electron chi connectivity index (χ4n) is 3.35. The average molecular weight is 337 g/mol. The third-order valence-corrected chi connectivity index (χ3v) is 4.91. The molecule has 2 heterocycles. The fraction of sp³-hybridized carbons (Fsp3) is 0.350. The van der Waals surface area contributed by atoms with Crippen molar-refractivity contribution in [2.24, 2.45) is 0 Å². The second-order valence-corrected chi connectivity index (χ2v) is 6.35. The minimum atomic E-state index is -0.0496. The molecule has 0 saturated carbocycles. The summed E-state index contributed by atoms with van der Waals surface area (Å²) >= 11 is 0. The maximum absolute atomic E-state index is 13.0. The van der Waals surface area contributed by atoms with Gasteiger partial charge in [-0.05, 0) is 55.7 Å².